The second-order valence-corrected chi connectivity index (χ2v) is 9.13. The summed E-state index contributed by atoms with van der Waals surface area (Å²) in [6.45, 7) is 8.98. The molecule has 1 saturated heterocycles. The SMILES string of the molecule is CC(C)CN1CCN(C(=O)c2ccccc2SCc2nnnn2-c2ccccc2)CC1. The molecule has 31 heavy (non-hydrogen) atoms. The van der Waals surface area contributed by atoms with Gasteiger partial charge in [0.25, 0.3) is 5.91 Å². The first kappa shape index (κ1) is 21.5. The zero-order valence-electron chi connectivity index (χ0n) is 18.0. The Balaban J connectivity index is 1.43. The van der Waals surface area contributed by atoms with Gasteiger partial charge in [-0.2, -0.15) is 4.68 Å². The number of thioether (sulfide) groups is 1. The van der Waals surface area contributed by atoms with E-state index in [2.05, 4.69) is 34.3 Å². The van der Waals surface area contributed by atoms with Crippen LogP contribution in [-0.4, -0.2) is 68.6 Å². The van der Waals surface area contributed by atoms with Gasteiger partial charge in [-0.25, -0.2) is 0 Å². The van der Waals surface area contributed by atoms with Crippen LogP contribution in [0.1, 0.15) is 30.0 Å². The molecule has 0 saturated carbocycles. The molecular weight excluding hydrogens is 408 g/mol. The van der Waals surface area contributed by atoms with Crippen molar-refractivity contribution in [3.63, 3.8) is 0 Å². The fourth-order valence-electron chi connectivity index (χ4n) is 3.80. The molecule has 7 nitrogen and oxygen atoms in total. The molecule has 1 aliphatic heterocycles. The Morgan fingerprint density at radius 3 is 2.45 bits per heavy atom. The van der Waals surface area contributed by atoms with Gasteiger partial charge in [0.2, 0.25) is 0 Å². The van der Waals surface area contributed by atoms with Crippen molar-refractivity contribution in [2.24, 2.45) is 5.92 Å². The predicted molar refractivity (Wildman–Crippen MR) is 122 cm³/mol. The average Bonchev–Trinajstić information content (AvgIpc) is 3.27. The molecule has 1 amide bonds. The van der Waals surface area contributed by atoms with E-state index in [4.69, 9.17) is 0 Å². The van der Waals surface area contributed by atoms with E-state index >= 15 is 0 Å². The third kappa shape index (κ3) is 5.32. The molecule has 0 unspecified atom stereocenters. The van der Waals surface area contributed by atoms with Crippen LogP contribution in [0.25, 0.3) is 5.69 Å². The molecule has 1 fully saturated rings. The molecule has 0 spiro atoms. The highest BCUT2D eigenvalue weighted by Crippen LogP contribution is 2.27. The summed E-state index contributed by atoms with van der Waals surface area (Å²) in [4.78, 5) is 18.6. The van der Waals surface area contributed by atoms with Gasteiger partial charge in [0.1, 0.15) is 0 Å². The van der Waals surface area contributed by atoms with Gasteiger partial charge in [0.15, 0.2) is 5.82 Å². The van der Waals surface area contributed by atoms with Crippen molar-refractivity contribution >= 4 is 17.7 Å². The van der Waals surface area contributed by atoms with Gasteiger partial charge in [0, 0.05) is 37.6 Å². The van der Waals surface area contributed by atoms with Crippen molar-refractivity contribution in [1.82, 2.24) is 30.0 Å². The van der Waals surface area contributed by atoms with Crippen molar-refractivity contribution in [2.45, 2.75) is 24.5 Å². The summed E-state index contributed by atoms with van der Waals surface area (Å²) in [5, 5.41) is 12.1. The van der Waals surface area contributed by atoms with Crippen LogP contribution in [0.4, 0.5) is 0 Å². The fourth-order valence-corrected chi connectivity index (χ4v) is 4.75. The summed E-state index contributed by atoms with van der Waals surface area (Å²) in [7, 11) is 0. The molecule has 0 N–H and O–H groups in total. The Morgan fingerprint density at radius 2 is 1.71 bits per heavy atom. The van der Waals surface area contributed by atoms with E-state index in [0.717, 1.165) is 54.7 Å². The van der Waals surface area contributed by atoms with E-state index in [1.54, 1.807) is 16.4 Å². The minimum Gasteiger partial charge on any atom is -0.336 e. The van der Waals surface area contributed by atoms with Crippen molar-refractivity contribution in [3.8, 4) is 5.69 Å². The lowest BCUT2D eigenvalue weighted by atomic mass is 10.1. The normalized spacial score (nSPS) is 14.9. The lowest BCUT2D eigenvalue weighted by Gasteiger charge is -2.35. The standard InChI is InChI=1S/C23H28N6OS/c1-18(2)16-27-12-14-28(15-13-27)23(30)20-10-6-7-11-21(20)31-17-22-24-25-26-29(22)19-8-4-3-5-9-19/h3-11,18H,12-17H2,1-2H3. The molecule has 0 radical (unpaired) electrons. The maximum atomic E-state index is 13.2. The zero-order chi connectivity index (χ0) is 21.6. The van der Waals surface area contributed by atoms with Gasteiger partial charge in [-0.3, -0.25) is 9.69 Å². The summed E-state index contributed by atoms with van der Waals surface area (Å²) >= 11 is 1.59. The zero-order valence-corrected chi connectivity index (χ0v) is 18.8. The van der Waals surface area contributed by atoms with Crippen LogP contribution in [0.15, 0.2) is 59.5 Å². The van der Waals surface area contributed by atoms with Crippen LogP contribution in [0.2, 0.25) is 0 Å². The van der Waals surface area contributed by atoms with E-state index in [9.17, 15) is 4.79 Å². The first-order valence-electron chi connectivity index (χ1n) is 10.7. The summed E-state index contributed by atoms with van der Waals surface area (Å²) in [6, 6.07) is 17.7. The Labute approximate surface area is 187 Å². The molecule has 3 aromatic rings. The van der Waals surface area contributed by atoms with Crippen LogP contribution >= 0.6 is 11.8 Å². The topological polar surface area (TPSA) is 67.2 Å². The molecule has 162 valence electrons. The van der Waals surface area contributed by atoms with Gasteiger partial charge in [0.05, 0.1) is 17.0 Å². The van der Waals surface area contributed by atoms with Crippen LogP contribution in [0.5, 0.6) is 0 Å². The van der Waals surface area contributed by atoms with Gasteiger partial charge in [-0.1, -0.05) is 44.2 Å². The lowest BCUT2D eigenvalue weighted by molar-refractivity contribution is 0.0620. The summed E-state index contributed by atoms with van der Waals surface area (Å²) in [6.07, 6.45) is 0. The highest BCUT2D eigenvalue weighted by molar-refractivity contribution is 7.98. The second kappa shape index (κ2) is 10.1. The number of piperazine rings is 1. The Kier molecular flexibility index (Phi) is 6.99. The van der Waals surface area contributed by atoms with E-state index < -0.39 is 0 Å². The van der Waals surface area contributed by atoms with Crippen molar-refractivity contribution in [2.75, 3.05) is 32.7 Å². The number of nitrogens with zero attached hydrogens (tertiary/aromatic N) is 6. The number of benzene rings is 2. The molecule has 1 aliphatic rings. The second-order valence-electron chi connectivity index (χ2n) is 8.11. The number of tetrazole rings is 1. The van der Waals surface area contributed by atoms with E-state index in [1.807, 2.05) is 59.5 Å². The number of aromatic nitrogens is 4. The monoisotopic (exact) mass is 436 g/mol. The first-order chi connectivity index (χ1) is 15.1. The number of carbonyl (C=O) groups is 1. The number of rotatable bonds is 7. The first-order valence-corrected chi connectivity index (χ1v) is 11.7. The number of hydrogen-bond donors (Lipinski definition) is 0. The van der Waals surface area contributed by atoms with Gasteiger partial charge in [-0.15, -0.1) is 16.9 Å². The van der Waals surface area contributed by atoms with E-state index in [-0.39, 0.29) is 5.91 Å². The smallest absolute Gasteiger partial charge is 0.255 e. The molecule has 0 bridgehead atoms. The number of carbonyl (C=O) groups excluding carboxylic acids is 1. The van der Waals surface area contributed by atoms with Crippen molar-refractivity contribution in [3.05, 3.63) is 66.0 Å². The lowest BCUT2D eigenvalue weighted by Crippen LogP contribution is -2.49. The molecular formula is C23H28N6OS. The van der Waals surface area contributed by atoms with Crippen LogP contribution in [0, 0.1) is 5.92 Å². The third-order valence-electron chi connectivity index (χ3n) is 5.29. The minimum absolute atomic E-state index is 0.106. The summed E-state index contributed by atoms with van der Waals surface area (Å²) in [5.41, 5.74) is 1.68. The van der Waals surface area contributed by atoms with Gasteiger partial charge < -0.3 is 4.90 Å². The minimum atomic E-state index is 0.106. The Morgan fingerprint density at radius 1 is 1.00 bits per heavy atom. The van der Waals surface area contributed by atoms with Crippen LogP contribution in [-0.2, 0) is 5.75 Å². The van der Waals surface area contributed by atoms with E-state index in [0.29, 0.717) is 11.7 Å². The molecule has 0 atom stereocenters. The average molecular weight is 437 g/mol. The summed E-state index contributed by atoms with van der Waals surface area (Å²) < 4.78 is 1.74. The number of hydrogen-bond acceptors (Lipinski definition) is 6. The molecule has 1 aromatic heterocycles. The number of amides is 1. The van der Waals surface area contributed by atoms with Gasteiger partial charge >= 0.3 is 0 Å². The number of para-hydroxylation sites is 1. The molecule has 0 aliphatic carbocycles. The highest BCUT2D eigenvalue weighted by atomic mass is 32.2. The maximum absolute atomic E-state index is 13.2. The van der Waals surface area contributed by atoms with Gasteiger partial charge in [-0.05, 0) is 40.6 Å². The Hall–Kier alpha value is -2.71. The fraction of sp³-hybridized carbons (Fsp3) is 0.391. The molecule has 2 heterocycles. The van der Waals surface area contributed by atoms with E-state index in [1.165, 1.54) is 0 Å². The molecule has 4 rings (SSSR count). The van der Waals surface area contributed by atoms with Crippen molar-refractivity contribution in [1.29, 1.82) is 0 Å². The largest absolute Gasteiger partial charge is 0.336 e. The highest BCUT2D eigenvalue weighted by Gasteiger charge is 2.24. The third-order valence-corrected chi connectivity index (χ3v) is 6.36. The van der Waals surface area contributed by atoms with Crippen LogP contribution in [0.3, 0.4) is 0 Å². The van der Waals surface area contributed by atoms with Crippen molar-refractivity contribution < 1.29 is 4.79 Å². The summed E-state index contributed by atoms with van der Waals surface area (Å²) in [5.74, 6) is 2.08. The van der Waals surface area contributed by atoms with Crippen LogP contribution < -0.4 is 0 Å². The maximum Gasteiger partial charge on any atom is 0.255 e. The Bertz CT molecular complexity index is 998. The predicted octanol–water partition coefficient (Wildman–Crippen LogP) is 3.37. The quantitative estimate of drug-likeness (QED) is 0.529. The molecule has 2 aromatic carbocycles. The molecule has 8 heteroatoms.